The van der Waals surface area contributed by atoms with Crippen molar-refractivity contribution in [3.63, 3.8) is 0 Å². The summed E-state index contributed by atoms with van der Waals surface area (Å²) in [5, 5.41) is 21.2. The summed E-state index contributed by atoms with van der Waals surface area (Å²) < 4.78 is 0. The zero-order valence-electron chi connectivity index (χ0n) is 17.5. The van der Waals surface area contributed by atoms with Gasteiger partial charge in [-0.1, -0.05) is 29.3 Å². The predicted molar refractivity (Wildman–Crippen MR) is 127 cm³/mol. The van der Waals surface area contributed by atoms with Crippen LogP contribution in [0.3, 0.4) is 0 Å². The number of guanidine groups is 1. The number of hydrogen-bond acceptors (Lipinski definition) is 6. The zero-order chi connectivity index (χ0) is 23.8. The van der Waals surface area contributed by atoms with Crippen LogP contribution in [-0.2, 0) is 9.59 Å². The summed E-state index contributed by atoms with van der Waals surface area (Å²) >= 11 is 12.0. The van der Waals surface area contributed by atoms with E-state index in [-0.39, 0.29) is 13.0 Å². The van der Waals surface area contributed by atoms with E-state index in [0.29, 0.717) is 32.8 Å². The monoisotopic (exact) mass is 491 g/mol. The summed E-state index contributed by atoms with van der Waals surface area (Å²) in [4.78, 5) is 40.5. The highest BCUT2D eigenvalue weighted by Gasteiger charge is 2.20. The van der Waals surface area contributed by atoms with E-state index in [1.165, 1.54) is 18.2 Å². The largest absolute Gasteiger partial charge is 0.481 e. The average Bonchev–Trinajstić information content (AvgIpc) is 2.77. The molecule has 1 aliphatic heterocycles. The summed E-state index contributed by atoms with van der Waals surface area (Å²) in [5.41, 5.74) is 1.49. The maximum Gasteiger partial charge on any atom is 0.305 e. The molecule has 33 heavy (non-hydrogen) atoms. The van der Waals surface area contributed by atoms with Gasteiger partial charge in [0.25, 0.3) is 5.91 Å². The minimum atomic E-state index is -1.11. The standard InChI is InChI=1S/C22H23Cl2N5O4/c23-15-7-14(8-16(24)10-15)18(11-20(31)32)29-19(30)12-27-21(33)13-3-1-4-17(9-13)28-22-25-5-2-6-26-22/h1,3-4,7-10,18H,2,5-6,11-12H2,(H,27,33)(H,29,30)(H,31,32)(H2,25,26,28). The van der Waals surface area contributed by atoms with Crippen molar-refractivity contribution in [2.24, 2.45) is 4.99 Å². The fraction of sp³-hybridized carbons (Fsp3) is 0.273. The van der Waals surface area contributed by atoms with Crippen LogP contribution >= 0.6 is 23.2 Å². The molecule has 2 aromatic rings. The first kappa shape index (κ1) is 24.3. The van der Waals surface area contributed by atoms with Gasteiger partial charge in [-0.15, -0.1) is 0 Å². The SMILES string of the molecule is O=C(O)CC(NC(=O)CNC(=O)c1cccc(NC2=NCCCN2)c1)c1cc(Cl)cc(Cl)c1. The minimum absolute atomic E-state index is 0.318. The van der Waals surface area contributed by atoms with Crippen LogP contribution in [0.1, 0.15) is 34.8 Å². The summed E-state index contributed by atoms with van der Waals surface area (Å²) in [7, 11) is 0. The Morgan fingerprint density at radius 1 is 1.12 bits per heavy atom. The molecule has 0 fully saturated rings. The van der Waals surface area contributed by atoms with E-state index < -0.39 is 23.8 Å². The minimum Gasteiger partial charge on any atom is -0.481 e. The van der Waals surface area contributed by atoms with Gasteiger partial charge in [0.1, 0.15) is 0 Å². The third kappa shape index (κ3) is 7.65. The number of carboxylic acids is 1. The van der Waals surface area contributed by atoms with Gasteiger partial charge in [-0.2, -0.15) is 0 Å². The number of aliphatic carboxylic acids is 1. The Hall–Kier alpha value is -3.30. The number of nitrogens with zero attached hydrogens (tertiary/aromatic N) is 1. The van der Waals surface area contributed by atoms with Crippen molar-refractivity contribution in [2.45, 2.75) is 18.9 Å². The third-order valence-corrected chi connectivity index (χ3v) is 5.13. The second-order valence-electron chi connectivity index (χ2n) is 7.32. The van der Waals surface area contributed by atoms with Crippen molar-refractivity contribution < 1.29 is 19.5 Å². The molecular formula is C22H23Cl2N5O4. The van der Waals surface area contributed by atoms with Gasteiger partial charge in [0.15, 0.2) is 5.96 Å². The predicted octanol–water partition coefficient (Wildman–Crippen LogP) is 2.82. The quantitative estimate of drug-likeness (QED) is 0.385. The molecule has 5 N–H and O–H groups in total. The van der Waals surface area contributed by atoms with Gasteiger partial charge in [-0.3, -0.25) is 19.4 Å². The number of aliphatic imine (C=N–C) groups is 1. The molecule has 174 valence electrons. The lowest BCUT2D eigenvalue weighted by molar-refractivity contribution is -0.137. The van der Waals surface area contributed by atoms with Gasteiger partial charge in [-0.25, -0.2) is 0 Å². The maximum absolute atomic E-state index is 12.5. The van der Waals surface area contributed by atoms with E-state index >= 15 is 0 Å². The summed E-state index contributed by atoms with van der Waals surface area (Å²) in [6, 6.07) is 10.5. The van der Waals surface area contributed by atoms with Crippen molar-refractivity contribution in [2.75, 3.05) is 25.0 Å². The second-order valence-corrected chi connectivity index (χ2v) is 8.19. The van der Waals surface area contributed by atoms with Crippen LogP contribution in [0.4, 0.5) is 5.69 Å². The number of carbonyl (C=O) groups excluding carboxylic acids is 2. The lowest BCUT2D eigenvalue weighted by atomic mass is 10.0. The van der Waals surface area contributed by atoms with E-state index in [2.05, 4.69) is 26.3 Å². The molecular weight excluding hydrogens is 469 g/mol. The van der Waals surface area contributed by atoms with E-state index in [1.54, 1.807) is 24.3 Å². The van der Waals surface area contributed by atoms with Crippen molar-refractivity contribution in [1.82, 2.24) is 16.0 Å². The second kappa shape index (κ2) is 11.5. The van der Waals surface area contributed by atoms with Gasteiger partial charge >= 0.3 is 5.97 Å². The maximum atomic E-state index is 12.5. The van der Waals surface area contributed by atoms with Gasteiger partial charge in [0, 0.05) is 34.4 Å². The van der Waals surface area contributed by atoms with Crippen LogP contribution in [0, 0.1) is 0 Å². The normalized spacial score (nSPS) is 13.8. The first-order valence-corrected chi connectivity index (χ1v) is 11.0. The van der Waals surface area contributed by atoms with Crippen LogP contribution in [0.5, 0.6) is 0 Å². The Bertz CT molecular complexity index is 1060. The fourth-order valence-electron chi connectivity index (χ4n) is 3.20. The molecule has 0 bridgehead atoms. The highest BCUT2D eigenvalue weighted by atomic mass is 35.5. The number of amides is 2. The fourth-order valence-corrected chi connectivity index (χ4v) is 3.75. The van der Waals surface area contributed by atoms with Gasteiger partial charge in [0.05, 0.1) is 19.0 Å². The molecule has 0 aliphatic carbocycles. The molecule has 0 radical (unpaired) electrons. The summed E-state index contributed by atoms with van der Waals surface area (Å²) in [6.45, 7) is 1.22. The molecule has 0 spiro atoms. The van der Waals surface area contributed by atoms with Crippen LogP contribution in [-0.4, -0.2) is 48.5 Å². The van der Waals surface area contributed by atoms with Crippen molar-refractivity contribution in [3.05, 3.63) is 63.6 Å². The first-order chi connectivity index (χ1) is 15.8. The molecule has 1 atom stereocenters. The van der Waals surface area contributed by atoms with E-state index in [4.69, 9.17) is 23.2 Å². The molecule has 2 amide bonds. The van der Waals surface area contributed by atoms with E-state index in [9.17, 15) is 19.5 Å². The number of carbonyl (C=O) groups is 3. The Kier molecular flexibility index (Phi) is 8.51. The smallest absolute Gasteiger partial charge is 0.305 e. The van der Waals surface area contributed by atoms with E-state index in [1.807, 2.05) is 0 Å². The van der Waals surface area contributed by atoms with Crippen LogP contribution < -0.4 is 21.3 Å². The first-order valence-electron chi connectivity index (χ1n) is 10.2. The van der Waals surface area contributed by atoms with Gasteiger partial charge in [-0.05, 0) is 48.4 Å². The molecule has 0 saturated heterocycles. The summed E-state index contributed by atoms with van der Waals surface area (Å²) in [5.74, 6) is -1.47. The van der Waals surface area contributed by atoms with Crippen LogP contribution in [0.15, 0.2) is 47.5 Å². The Balaban J connectivity index is 1.59. The van der Waals surface area contributed by atoms with Gasteiger partial charge < -0.3 is 26.4 Å². The zero-order valence-corrected chi connectivity index (χ0v) is 19.0. The molecule has 3 rings (SSSR count). The van der Waals surface area contributed by atoms with Crippen LogP contribution in [0.2, 0.25) is 10.0 Å². The number of rotatable bonds is 8. The topological polar surface area (TPSA) is 132 Å². The number of carboxylic acid groups (broad SMARTS) is 1. The molecule has 9 nitrogen and oxygen atoms in total. The summed E-state index contributed by atoms with van der Waals surface area (Å²) in [6.07, 6.45) is 0.593. The van der Waals surface area contributed by atoms with E-state index in [0.717, 1.165) is 19.5 Å². The third-order valence-electron chi connectivity index (χ3n) is 4.70. The molecule has 1 aliphatic rings. The molecule has 0 saturated carbocycles. The van der Waals surface area contributed by atoms with Crippen molar-refractivity contribution in [1.29, 1.82) is 0 Å². The number of anilines is 1. The molecule has 11 heteroatoms. The van der Waals surface area contributed by atoms with Gasteiger partial charge in [0.2, 0.25) is 5.91 Å². The van der Waals surface area contributed by atoms with Crippen LogP contribution in [0.25, 0.3) is 0 Å². The highest BCUT2D eigenvalue weighted by molar-refractivity contribution is 6.34. The van der Waals surface area contributed by atoms with Crippen molar-refractivity contribution in [3.8, 4) is 0 Å². The Labute approximate surface area is 200 Å². The number of halogens is 2. The number of hydrogen-bond donors (Lipinski definition) is 5. The Morgan fingerprint density at radius 2 is 1.88 bits per heavy atom. The average molecular weight is 492 g/mol. The lowest BCUT2D eigenvalue weighted by Crippen LogP contribution is -2.39. The number of nitrogens with one attached hydrogen (secondary N) is 4. The molecule has 1 unspecified atom stereocenters. The lowest BCUT2D eigenvalue weighted by Gasteiger charge is -2.18. The Morgan fingerprint density at radius 3 is 2.55 bits per heavy atom. The highest BCUT2D eigenvalue weighted by Crippen LogP contribution is 2.25. The number of benzene rings is 2. The molecule has 0 aromatic heterocycles. The van der Waals surface area contributed by atoms with Crippen molar-refractivity contribution >= 4 is 52.6 Å². The molecule has 1 heterocycles. The molecule has 2 aromatic carbocycles.